The quantitative estimate of drug-likeness (QED) is 0.318. The summed E-state index contributed by atoms with van der Waals surface area (Å²) in [4.78, 5) is 35.4. The monoisotopic (exact) mass is 390 g/mol. The van der Waals surface area contributed by atoms with E-state index < -0.39 is 23.4 Å². The number of thioether (sulfide) groups is 1. The van der Waals surface area contributed by atoms with E-state index in [9.17, 15) is 19.7 Å². The molecule has 0 aliphatic carbocycles. The average molecular weight is 390 g/mol. The highest BCUT2D eigenvalue weighted by Crippen LogP contribution is 2.29. The van der Waals surface area contributed by atoms with Crippen LogP contribution in [0.2, 0.25) is 0 Å². The summed E-state index contributed by atoms with van der Waals surface area (Å²) < 4.78 is 10.1. The zero-order chi connectivity index (χ0) is 19.8. The van der Waals surface area contributed by atoms with Crippen molar-refractivity contribution in [1.29, 1.82) is 0 Å². The Labute approximate surface area is 160 Å². The van der Waals surface area contributed by atoms with Gasteiger partial charge in [-0.05, 0) is 24.0 Å². The molecule has 0 spiro atoms. The van der Waals surface area contributed by atoms with E-state index in [1.807, 2.05) is 13.0 Å². The van der Waals surface area contributed by atoms with Crippen LogP contribution in [-0.2, 0) is 9.53 Å². The third-order valence-electron chi connectivity index (χ3n) is 3.41. The molecule has 0 saturated carbocycles. The summed E-state index contributed by atoms with van der Waals surface area (Å²) in [5.74, 6) is -0.211. The summed E-state index contributed by atoms with van der Waals surface area (Å²) >= 11 is 1.49. The minimum atomic E-state index is -0.636. The fraction of sp³-hybridized carbons (Fsp3) is 0.222. The van der Waals surface area contributed by atoms with Crippen molar-refractivity contribution in [3.63, 3.8) is 0 Å². The molecular weight excluding hydrogens is 372 g/mol. The van der Waals surface area contributed by atoms with Crippen molar-refractivity contribution in [3.05, 3.63) is 58.1 Å². The standard InChI is InChI=1S/C18H18N2O6S/c1-3-27-16-7-5-4-6-13(16)18(22)26-11-17(21)19-14-10-12(20(23)24)8-9-15(14)25-2/h4-10H,3,11H2,1-2H3,(H,19,21). The summed E-state index contributed by atoms with van der Waals surface area (Å²) in [6.07, 6.45) is 0. The van der Waals surface area contributed by atoms with Gasteiger partial charge < -0.3 is 14.8 Å². The first-order chi connectivity index (χ1) is 13.0. The minimum absolute atomic E-state index is 0.120. The molecule has 0 saturated heterocycles. The first-order valence-electron chi connectivity index (χ1n) is 7.97. The van der Waals surface area contributed by atoms with Crippen LogP contribution < -0.4 is 10.1 Å². The van der Waals surface area contributed by atoms with E-state index in [1.165, 1.54) is 37.1 Å². The number of carbonyl (C=O) groups is 2. The maximum atomic E-state index is 12.2. The topological polar surface area (TPSA) is 108 Å². The second-order valence-electron chi connectivity index (χ2n) is 5.20. The number of nitro benzene ring substituents is 1. The molecule has 8 nitrogen and oxygen atoms in total. The van der Waals surface area contributed by atoms with Crippen molar-refractivity contribution < 1.29 is 24.0 Å². The van der Waals surface area contributed by atoms with Gasteiger partial charge in [-0.1, -0.05) is 19.1 Å². The third-order valence-corrected chi connectivity index (χ3v) is 4.36. The molecule has 9 heteroatoms. The van der Waals surface area contributed by atoms with E-state index in [0.29, 0.717) is 5.56 Å². The van der Waals surface area contributed by atoms with Gasteiger partial charge in [-0.3, -0.25) is 14.9 Å². The van der Waals surface area contributed by atoms with E-state index in [1.54, 1.807) is 18.2 Å². The van der Waals surface area contributed by atoms with Crippen LogP contribution >= 0.6 is 11.8 Å². The van der Waals surface area contributed by atoms with E-state index >= 15 is 0 Å². The van der Waals surface area contributed by atoms with Gasteiger partial charge in [0.2, 0.25) is 0 Å². The molecule has 2 aromatic carbocycles. The molecule has 0 unspecified atom stereocenters. The fourth-order valence-electron chi connectivity index (χ4n) is 2.22. The Morgan fingerprint density at radius 2 is 1.96 bits per heavy atom. The number of esters is 1. The molecule has 0 bridgehead atoms. The normalized spacial score (nSPS) is 10.1. The highest BCUT2D eigenvalue weighted by molar-refractivity contribution is 7.99. The number of benzene rings is 2. The minimum Gasteiger partial charge on any atom is -0.495 e. The second-order valence-corrected chi connectivity index (χ2v) is 6.50. The number of hydrogen-bond donors (Lipinski definition) is 1. The third kappa shape index (κ3) is 5.45. The number of rotatable bonds is 8. The highest BCUT2D eigenvalue weighted by atomic mass is 32.2. The maximum Gasteiger partial charge on any atom is 0.339 e. The molecule has 0 aliphatic heterocycles. The molecule has 142 valence electrons. The molecule has 27 heavy (non-hydrogen) atoms. The van der Waals surface area contributed by atoms with E-state index in [0.717, 1.165) is 10.6 Å². The largest absolute Gasteiger partial charge is 0.495 e. The van der Waals surface area contributed by atoms with Crippen LogP contribution in [0.1, 0.15) is 17.3 Å². The molecule has 1 N–H and O–H groups in total. The Bertz CT molecular complexity index is 855. The van der Waals surface area contributed by atoms with Crippen LogP contribution in [0.15, 0.2) is 47.4 Å². The van der Waals surface area contributed by atoms with Crippen molar-refractivity contribution in [1.82, 2.24) is 0 Å². The number of hydrogen-bond acceptors (Lipinski definition) is 7. The van der Waals surface area contributed by atoms with Gasteiger partial charge in [0.25, 0.3) is 11.6 Å². The lowest BCUT2D eigenvalue weighted by atomic mass is 10.2. The molecule has 0 aromatic heterocycles. The highest BCUT2D eigenvalue weighted by Gasteiger charge is 2.17. The predicted molar refractivity (Wildman–Crippen MR) is 101 cm³/mol. The molecule has 0 fully saturated rings. The Hall–Kier alpha value is -3.07. The van der Waals surface area contributed by atoms with Crippen LogP contribution in [0.4, 0.5) is 11.4 Å². The van der Waals surface area contributed by atoms with Gasteiger partial charge in [-0.25, -0.2) is 4.79 Å². The van der Waals surface area contributed by atoms with Crippen molar-refractivity contribution in [2.24, 2.45) is 0 Å². The Morgan fingerprint density at radius 3 is 2.63 bits per heavy atom. The number of carbonyl (C=O) groups excluding carboxylic acids is 2. The van der Waals surface area contributed by atoms with Crippen molar-refractivity contribution >= 4 is 35.0 Å². The van der Waals surface area contributed by atoms with Gasteiger partial charge >= 0.3 is 5.97 Å². The Morgan fingerprint density at radius 1 is 1.22 bits per heavy atom. The number of nitrogens with one attached hydrogen (secondary N) is 1. The van der Waals surface area contributed by atoms with Gasteiger partial charge in [-0.15, -0.1) is 11.8 Å². The number of ether oxygens (including phenoxy) is 2. The molecule has 1 amide bonds. The lowest BCUT2D eigenvalue weighted by Crippen LogP contribution is -2.21. The number of amides is 1. The van der Waals surface area contributed by atoms with Crippen molar-refractivity contribution in [3.8, 4) is 5.75 Å². The van der Waals surface area contributed by atoms with Gasteiger partial charge in [0.15, 0.2) is 6.61 Å². The Kier molecular flexibility index (Phi) is 7.18. The molecular formula is C18H18N2O6S. The van der Waals surface area contributed by atoms with Crippen molar-refractivity contribution in [2.45, 2.75) is 11.8 Å². The number of nitro groups is 1. The molecule has 0 radical (unpaired) electrons. The van der Waals surface area contributed by atoms with Crippen LogP contribution in [-0.4, -0.2) is 36.3 Å². The van der Waals surface area contributed by atoms with Gasteiger partial charge in [0.1, 0.15) is 5.75 Å². The maximum absolute atomic E-state index is 12.2. The number of nitrogens with zero attached hydrogens (tertiary/aromatic N) is 1. The molecule has 0 atom stereocenters. The van der Waals surface area contributed by atoms with E-state index in [-0.39, 0.29) is 17.1 Å². The van der Waals surface area contributed by atoms with Crippen molar-refractivity contribution in [2.75, 3.05) is 24.8 Å². The smallest absolute Gasteiger partial charge is 0.339 e. The van der Waals surface area contributed by atoms with E-state index in [2.05, 4.69) is 5.32 Å². The summed E-state index contributed by atoms with van der Waals surface area (Å²) in [5, 5.41) is 13.3. The number of non-ortho nitro benzene ring substituents is 1. The van der Waals surface area contributed by atoms with Crippen LogP contribution in [0, 0.1) is 10.1 Å². The Balaban J connectivity index is 2.03. The number of methoxy groups -OCH3 is 1. The van der Waals surface area contributed by atoms with Crippen LogP contribution in [0.3, 0.4) is 0 Å². The lowest BCUT2D eigenvalue weighted by molar-refractivity contribution is -0.384. The zero-order valence-electron chi connectivity index (χ0n) is 14.8. The number of anilines is 1. The summed E-state index contributed by atoms with van der Waals surface area (Å²) in [6, 6.07) is 10.8. The van der Waals surface area contributed by atoms with Crippen LogP contribution in [0.5, 0.6) is 5.75 Å². The SMILES string of the molecule is CCSc1ccccc1C(=O)OCC(=O)Nc1cc([N+](=O)[O-])ccc1OC. The molecule has 2 rings (SSSR count). The zero-order valence-corrected chi connectivity index (χ0v) is 15.6. The fourth-order valence-corrected chi connectivity index (χ4v) is 3.01. The first kappa shape index (κ1) is 20.2. The molecule has 0 heterocycles. The summed E-state index contributed by atoms with van der Waals surface area (Å²) in [7, 11) is 1.37. The second kappa shape index (κ2) is 9.58. The lowest BCUT2D eigenvalue weighted by Gasteiger charge is -2.11. The molecule has 0 aliphatic rings. The van der Waals surface area contributed by atoms with E-state index in [4.69, 9.17) is 9.47 Å². The van der Waals surface area contributed by atoms with Gasteiger partial charge in [-0.2, -0.15) is 0 Å². The predicted octanol–water partition coefficient (Wildman–Crippen LogP) is 3.51. The van der Waals surface area contributed by atoms with Gasteiger partial charge in [0, 0.05) is 17.0 Å². The van der Waals surface area contributed by atoms with Crippen LogP contribution in [0.25, 0.3) is 0 Å². The first-order valence-corrected chi connectivity index (χ1v) is 8.96. The average Bonchev–Trinajstić information content (AvgIpc) is 2.66. The summed E-state index contributed by atoms with van der Waals surface area (Å²) in [5.41, 5.74) is 0.299. The van der Waals surface area contributed by atoms with Gasteiger partial charge in [0.05, 0.1) is 23.3 Å². The summed E-state index contributed by atoms with van der Waals surface area (Å²) in [6.45, 7) is 1.43. The molecule has 2 aromatic rings.